The maximum atomic E-state index is 11.6. The van der Waals surface area contributed by atoms with E-state index in [-0.39, 0.29) is 12.3 Å². The van der Waals surface area contributed by atoms with Crippen molar-refractivity contribution in [2.75, 3.05) is 6.54 Å². The summed E-state index contributed by atoms with van der Waals surface area (Å²) in [6.07, 6.45) is 22.2. The fourth-order valence-electron chi connectivity index (χ4n) is 2.91. The topological polar surface area (TPSA) is 66.4 Å². The van der Waals surface area contributed by atoms with Gasteiger partial charge in [0.2, 0.25) is 5.91 Å². The van der Waals surface area contributed by atoms with Crippen LogP contribution in [0.25, 0.3) is 0 Å². The fourth-order valence-corrected chi connectivity index (χ4v) is 2.91. The van der Waals surface area contributed by atoms with Crippen LogP contribution in [-0.4, -0.2) is 23.5 Å². The van der Waals surface area contributed by atoms with Gasteiger partial charge in [-0.25, -0.2) is 0 Å². The zero-order valence-corrected chi connectivity index (χ0v) is 16.9. The number of carboxylic acids is 1. The Morgan fingerprint density at radius 2 is 1.27 bits per heavy atom. The van der Waals surface area contributed by atoms with Crippen LogP contribution in [-0.2, 0) is 9.59 Å². The van der Waals surface area contributed by atoms with E-state index in [0.717, 1.165) is 12.8 Å². The molecule has 0 spiro atoms. The average Bonchev–Trinajstić information content (AvgIpc) is 2.62. The van der Waals surface area contributed by atoms with Gasteiger partial charge in [0.15, 0.2) is 0 Å². The molecule has 2 N–H and O–H groups in total. The van der Waals surface area contributed by atoms with E-state index in [1.807, 2.05) is 0 Å². The number of hydrogen-bond donors (Lipinski definition) is 2. The Morgan fingerprint density at radius 1 is 0.731 bits per heavy atom. The minimum atomic E-state index is -0.809. The molecule has 152 valence electrons. The highest BCUT2D eigenvalue weighted by Gasteiger charge is 2.01. The lowest BCUT2D eigenvalue weighted by Crippen LogP contribution is -2.24. The quantitative estimate of drug-likeness (QED) is 0.217. The first-order valence-corrected chi connectivity index (χ1v) is 10.8. The number of rotatable bonds is 19. The highest BCUT2D eigenvalue weighted by atomic mass is 16.4. The van der Waals surface area contributed by atoms with Crippen LogP contribution in [0.1, 0.15) is 110 Å². The summed E-state index contributed by atoms with van der Waals surface area (Å²) in [5.74, 6) is -0.760. The van der Waals surface area contributed by atoms with Crippen molar-refractivity contribution < 1.29 is 14.7 Å². The van der Waals surface area contributed by atoms with Crippen LogP contribution in [0.2, 0.25) is 0 Å². The minimum Gasteiger partial charge on any atom is -0.481 e. The predicted octanol–water partition coefficient (Wildman–Crippen LogP) is 6.00. The van der Waals surface area contributed by atoms with Crippen molar-refractivity contribution >= 4 is 11.9 Å². The molecular formula is C22H41NO3. The lowest BCUT2D eigenvalue weighted by Gasteiger charge is -2.04. The highest BCUT2D eigenvalue weighted by molar-refractivity contribution is 5.75. The summed E-state index contributed by atoms with van der Waals surface area (Å²) in [5.41, 5.74) is 0. The van der Waals surface area contributed by atoms with Crippen molar-refractivity contribution in [3.05, 3.63) is 12.2 Å². The molecule has 0 saturated heterocycles. The molecule has 0 heterocycles. The molecule has 0 bridgehead atoms. The maximum absolute atomic E-state index is 11.6. The Balaban J connectivity index is 3.22. The van der Waals surface area contributed by atoms with Crippen molar-refractivity contribution in [2.45, 2.75) is 110 Å². The SMILES string of the molecule is CCCCCCCCC=CCCCCCCCC(=O)NCCCC(=O)O. The third kappa shape index (κ3) is 20.7. The normalized spacial score (nSPS) is 11.1. The van der Waals surface area contributed by atoms with Crippen molar-refractivity contribution in [2.24, 2.45) is 0 Å². The lowest BCUT2D eigenvalue weighted by atomic mass is 10.1. The summed E-state index contributed by atoms with van der Waals surface area (Å²) in [7, 11) is 0. The zero-order valence-electron chi connectivity index (χ0n) is 16.9. The molecule has 4 heteroatoms. The Kier molecular flexibility index (Phi) is 19.0. The first kappa shape index (κ1) is 24.7. The number of aliphatic carboxylic acids is 1. The molecule has 0 aliphatic heterocycles. The monoisotopic (exact) mass is 367 g/mol. The number of amides is 1. The van der Waals surface area contributed by atoms with Gasteiger partial charge in [-0.2, -0.15) is 0 Å². The summed E-state index contributed by atoms with van der Waals surface area (Å²) >= 11 is 0. The van der Waals surface area contributed by atoms with Crippen molar-refractivity contribution in [3.63, 3.8) is 0 Å². The maximum Gasteiger partial charge on any atom is 0.303 e. The van der Waals surface area contributed by atoms with Crippen LogP contribution >= 0.6 is 0 Å². The second kappa shape index (κ2) is 20.0. The molecular weight excluding hydrogens is 326 g/mol. The van der Waals surface area contributed by atoms with Gasteiger partial charge in [-0.05, 0) is 38.5 Å². The van der Waals surface area contributed by atoms with E-state index in [9.17, 15) is 9.59 Å². The van der Waals surface area contributed by atoms with Gasteiger partial charge in [-0.1, -0.05) is 70.4 Å². The van der Waals surface area contributed by atoms with E-state index in [4.69, 9.17) is 5.11 Å². The smallest absolute Gasteiger partial charge is 0.303 e. The molecule has 26 heavy (non-hydrogen) atoms. The van der Waals surface area contributed by atoms with Crippen molar-refractivity contribution in [3.8, 4) is 0 Å². The lowest BCUT2D eigenvalue weighted by molar-refractivity contribution is -0.137. The van der Waals surface area contributed by atoms with Gasteiger partial charge < -0.3 is 10.4 Å². The van der Waals surface area contributed by atoms with Crippen LogP contribution < -0.4 is 5.32 Å². The van der Waals surface area contributed by atoms with Gasteiger partial charge >= 0.3 is 5.97 Å². The number of carbonyl (C=O) groups excluding carboxylic acids is 1. The van der Waals surface area contributed by atoms with Crippen LogP contribution in [0, 0.1) is 0 Å². The summed E-state index contributed by atoms with van der Waals surface area (Å²) < 4.78 is 0. The van der Waals surface area contributed by atoms with E-state index >= 15 is 0 Å². The molecule has 0 aromatic carbocycles. The Bertz CT molecular complexity index is 366. The zero-order chi connectivity index (χ0) is 19.3. The Hall–Kier alpha value is -1.32. The number of carboxylic acid groups (broad SMARTS) is 1. The Morgan fingerprint density at radius 3 is 1.85 bits per heavy atom. The largest absolute Gasteiger partial charge is 0.481 e. The highest BCUT2D eigenvalue weighted by Crippen LogP contribution is 2.09. The number of allylic oxidation sites excluding steroid dienone is 2. The van der Waals surface area contributed by atoms with Gasteiger partial charge in [-0.3, -0.25) is 9.59 Å². The molecule has 4 nitrogen and oxygen atoms in total. The molecule has 0 fully saturated rings. The number of unbranched alkanes of at least 4 members (excludes halogenated alkanes) is 11. The minimum absolute atomic E-state index is 0.0491. The molecule has 0 radical (unpaired) electrons. The average molecular weight is 368 g/mol. The molecule has 0 aliphatic carbocycles. The van der Waals surface area contributed by atoms with Crippen LogP contribution in [0.5, 0.6) is 0 Å². The molecule has 0 aliphatic rings. The first-order valence-electron chi connectivity index (χ1n) is 10.8. The van der Waals surface area contributed by atoms with E-state index < -0.39 is 5.97 Å². The summed E-state index contributed by atoms with van der Waals surface area (Å²) in [6.45, 7) is 2.73. The molecule has 0 atom stereocenters. The third-order valence-corrected chi connectivity index (χ3v) is 4.56. The molecule has 0 saturated carbocycles. The van der Waals surface area contributed by atoms with E-state index in [0.29, 0.717) is 19.4 Å². The standard InChI is InChI=1S/C22H41NO3/c1-2-3-4-5-6-7-8-9-10-11-12-13-14-15-16-18-21(24)23-20-17-19-22(25)26/h9-10H,2-8,11-20H2,1H3,(H,23,24)(H,25,26). The van der Waals surface area contributed by atoms with E-state index in [2.05, 4.69) is 24.4 Å². The first-order chi connectivity index (χ1) is 12.7. The summed E-state index contributed by atoms with van der Waals surface area (Å²) in [4.78, 5) is 21.9. The van der Waals surface area contributed by atoms with Crippen molar-refractivity contribution in [1.82, 2.24) is 5.32 Å². The van der Waals surface area contributed by atoms with E-state index in [1.54, 1.807) is 0 Å². The van der Waals surface area contributed by atoms with Gasteiger partial charge in [0.25, 0.3) is 0 Å². The third-order valence-electron chi connectivity index (χ3n) is 4.56. The van der Waals surface area contributed by atoms with Gasteiger partial charge in [0.05, 0.1) is 0 Å². The summed E-state index contributed by atoms with van der Waals surface area (Å²) in [6, 6.07) is 0. The Labute approximate surface area is 160 Å². The molecule has 1 amide bonds. The predicted molar refractivity (Wildman–Crippen MR) is 109 cm³/mol. The molecule has 0 aromatic heterocycles. The number of carbonyl (C=O) groups is 2. The van der Waals surface area contributed by atoms with Crippen LogP contribution in [0.4, 0.5) is 0 Å². The fraction of sp³-hybridized carbons (Fsp3) is 0.818. The van der Waals surface area contributed by atoms with Gasteiger partial charge in [0.1, 0.15) is 0 Å². The van der Waals surface area contributed by atoms with Gasteiger partial charge in [0, 0.05) is 19.4 Å². The second-order valence-corrected chi connectivity index (χ2v) is 7.18. The number of nitrogens with one attached hydrogen (secondary N) is 1. The molecule has 0 rings (SSSR count). The number of hydrogen-bond acceptors (Lipinski definition) is 2. The molecule has 0 aromatic rings. The van der Waals surface area contributed by atoms with Crippen molar-refractivity contribution in [1.29, 1.82) is 0 Å². The van der Waals surface area contributed by atoms with Crippen LogP contribution in [0.3, 0.4) is 0 Å². The molecule has 0 unspecified atom stereocenters. The van der Waals surface area contributed by atoms with E-state index in [1.165, 1.54) is 70.6 Å². The second-order valence-electron chi connectivity index (χ2n) is 7.18. The van der Waals surface area contributed by atoms with Gasteiger partial charge in [-0.15, -0.1) is 0 Å². The van der Waals surface area contributed by atoms with Crippen LogP contribution in [0.15, 0.2) is 12.2 Å². The summed E-state index contributed by atoms with van der Waals surface area (Å²) in [5, 5.41) is 11.3.